The fraction of sp³-hybridized carbons (Fsp3) is 0.583. The minimum Gasteiger partial charge on any atom is -0.463 e. The molecule has 5 heteroatoms. The van der Waals surface area contributed by atoms with E-state index in [4.69, 9.17) is 9.47 Å². The molecule has 2 rings (SSSR count). The number of hydrogen-bond donors (Lipinski definition) is 0. The Morgan fingerprint density at radius 3 is 3.00 bits per heavy atom. The third kappa shape index (κ3) is 3.15. The Bertz CT molecular complexity index is 404. The molecule has 0 aliphatic heterocycles. The quantitative estimate of drug-likeness (QED) is 0.728. The van der Waals surface area contributed by atoms with Crippen molar-refractivity contribution in [2.45, 2.75) is 38.7 Å². The summed E-state index contributed by atoms with van der Waals surface area (Å²) in [5.74, 6) is 1.33. The lowest BCUT2D eigenvalue weighted by Crippen LogP contribution is -2.26. The minimum atomic E-state index is -0.642. The fourth-order valence-corrected chi connectivity index (χ4v) is 1.45. The van der Waals surface area contributed by atoms with E-state index in [1.165, 1.54) is 0 Å². The predicted octanol–water partition coefficient (Wildman–Crippen LogP) is 1.68. The highest BCUT2D eigenvalue weighted by atomic mass is 16.6. The molecule has 0 saturated heterocycles. The molecule has 17 heavy (non-hydrogen) atoms. The molecule has 5 nitrogen and oxygen atoms in total. The number of rotatable bonds is 5. The Morgan fingerprint density at radius 2 is 2.35 bits per heavy atom. The summed E-state index contributed by atoms with van der Waals surface area (Å²) in [6.45, 7) is 3.76. The van der Waals surface area contributed by atoms with E-state index in [2.05, 4.69) is 9.97 Å². The van der Waals surface area contributed by atoms with Crippen molar-refractivity contribution in [1.82, 2.24) is 9.97 Å². The molecule has 0 bridgehead atoms. The molecule has 0 aromatic carbocycles. The summed E-state index contributed by atoms with van der Waals surface area (Å²) in [6.07, 6.45) is 3.29. The van der Waals surface area contributed by atoms with Crippen LogP contribution < -0.4 is 4.74 Å². The van der Waals surface area contributed by atoms with E-state index in [-0.39, 0.29) is 5.97 Å². The van der Waals surface area contributed by atoms with Crippen molar-refractivity contribution < 1.29 is 14.3 Å². The summed E-state index contributed by atoms with van der Waals surface area (Å²) in [5, 5.41) is 0. The molecular formula is C12H16N2O3. The van der Waals surface area contributed by atoms with Crippen molar-refractivity contribution in [2.75, 3.05) is 6.61 Å². The Morgan fingerprint density at radius 1 is 1.59 bits per heavy atom. The molecule has 1 fully saturated rings. The first-order valence-corrected chi connectivity index (χ1v) is 5.87. The van der Waals surface area contributed by atoms with Crippen LogP contribution in [-0.4, -0.2) is 28.6 Å². The molecule has 1 saturated carbocycles. The van der Waals surface area contributed by atoms with Crippen LogP contribution in [-0.2, 0) is 9.53 Å². The van der Waals surface area contributed by atoms with Gasteiger partial charge in [0, 0.05) is 18.2 Å². The molecule has 0 radical (unpaired) electrons. The van der Waals surface area contributed by atoms with Crippen molar-refractivity contribution in [3.63, 3.8) is 0 Å². The third-order valence-electron chi connectivity index (χ3n) is 2.51. The second kappa shape index (κ2) is 5.12. The topological polar surface area (TPSA) is 61.3 Å². The normalized spacial score (nSPS) is 16.4. The summed E-state index contributed by atoms with van der Waals surface area (Å²) in [5.41, 5.74) is 0. The lowest BCUT2D eigenvalue weighted by molar-refractivity contribution is -0.150. The number of nitrogens with zero attached hydrogens (tertiary/aromatic N) is 2. The first-order chi connectivity index (χ1) is 8.20. The van der Waals surface area contributed by atoms with Gasteiger partial charge in [-0.15, -0.1) is 0 Å². The highest BCUT2D eigenvalue weighted by Crippen LogP contribution is 2.38. The molecule has 1 aliphatic carbocycles. The van der Waals surface area contributed by atoms with Crippen LogP contribution in [0.3, 0.4) is 0 Å². The SMILES string of the molecule is CCOC(=O)C(C)Oc1ccnc(C2CC2)n1. The Kier molecular flexibility index (Phi) is 3.56. The molecule has 0 amide bonds. The van der Waals surface area contributed by atoms with Crippen LogP contribution in [0.2, 0.25) is 0 Å². The molecule has 1 heterocycles. The molecular weight excluding hydrogens is 220 g/mol. The van der Waals surface area contributed by atoms with Gasteiger partial charge in [-0.05, 0) is 26.7 Å². The second-order valence-electron chi connectivity index (χ2n) is 4.04. The van der Waals surface area contributed by atoms with Gasteiger partial charge in [-0.25, -0.2) is 9.78 Å². The van der Waals surface area contributed by atoms with Gasteiger partial charge in [-0.2, -0.15) is 4.98 Å². The van der Waals surface area contributed by atoms with Gasteiger partial charge in [0.2, 0.25) is 5.88 Å². The van der Waals surface area contributed by atoms with E-state index in [0.717, 1.165) is 18.7 Å². The zero-order chi connectivity index (χ0) is 12.3. The van der Waals surface area contributed by atoms with Crippen LogP contribution >= 0.6 is 0 Å². The summed E-state index contributed by atoms with van der Waals surface area (Å²) in [6, 6.07) is 1.65. The van der Waals surface area contributed by atoms with E-state index in [9.17, 15) is 4.79 Å². The van der Waals surface area contributed by atoms with E-state index in [0.29, 0.717) is 18.4 Å². The van der Waals surface area contributed by atoms with Gasteiger partial charge in [0.1, 0.15) is 5.82 Å². The Labute approximate surface area is 100 Å². The average molecular weight is 236 g/mol. The lowest BCUT2D eigenvalue weighted by Gasteiger charge is -2.12. The van der Waals surface area contributed by atoms with Gasteiger partial charge in [-0.1, -0.05) is 0 Å². The maximum Gasteiger partial charge on any atom is 0.347 e. The summed E-state index contributed by atoms with van der Waals surface area (Å²) in [7, 11) is 0. The maximum absolute atomic E-state index is 11.4. The van der Waals surface area contributed by atoms with Crippen LogP contribution in [0.25, 0.3) is 0 Å². The summed E-state index contributed by atoms with van der Waals surface area (Å²) >= 11 is 0. The van der Waals surface area contributed by atoms with E-state index in [1.54, 1.807) is 26.1 Å². The minimum absolute atomic E-state index is 0.351. The van der Waals surface area contributed by atoms with Crippen molar-refractivity contribution in [3.8, 4) is 5.88 Å². The molecule has 1 atom stereocenters. The van der Waals surface area contributed by atoms with Gasteiger partial charge in [0.05, 0.1) is 6.61 Å². The van der Waals surface area contributed by atoms with Crippen LogP contribution in [0.15, 0.2) is 12.3 Å². The van der Waals surface area contributed by atoms with E-state index < -0.39 is 6.10 Å². The highest BCUT2D eigenvalue weighted by Gasteiger charge is 2.27. The van der Waals surface area contributed by atoms with Gasteiger partial charge in [0.15, 0.2) is 6.10 Å². The largest absolute Gasteiger partial charge is 0.463 e. The van der Waals surface area contributed by atoms with Crippen molar-refractivity contribution in [2.24, 2.45) is 0 Å². The predicted molar refractivity (Wildman–Crippen MR) is 60.7 cm³/mol. The number of hydrogen-bond acceptors (Lipinski definition) is 5. The number of ether oxygens (including phenoxy) is 2. The van der Waals surface area contributed by atoms with Gasteiger partial charge in [-0.3, -0.25) is 0 Å². The monoisotopic (exact) mass is 236 g/mol. The number of carbonyl (C=O) groups excluding carboxylic acids is 1. The van der Waals surface area contributed by atoms with Crippen molar-refractivity contribution >= 4 is 5.97 Å². The Balaban J connectivity index is 1.97. The number of carbonyl (C=O) groups is 1. The van der Waals surface area contributed by atoms with Crippen LogP contribution in [0.1, 0.15) is 38.4 Å². The van der Waals surface area contributed by atoms with Gasteiger partial charge >= 0.3 is 5.97 Å². The van der Waals surface area contributed by atoms with Crippen LogP contribution in [0.5, 0.6) is 5.88 Å². The average Bonchev–Trinajstić information content (AvgIpc) is 3.13. The first-order valence-electron chi connectivity index (χ1n) is 5.87. The maximum atomic E-state index is 11.4. The highest BCUT2D eigenvalue weighted by molar-refractivity contribution is 5.74. The Hall–Kier alpha value is -1.65. The second-order valence-corrected chi connectivity index (χ2v) is 4.04. The lowest BCUT2D eigenvalue weighted by atomic mass is 10.4. The number of esters is 1. The summed E-state index contributed by atoms with van der Waals surface area (Å²) < 4.78 is 10.3. The first kappa shape index (κ1) is 11.8. The third-order valence-corrected chi connectivity index (χ3v) is 2.51. The van der Waals surface area contributed by atoms with Gasteiger partial charge in [0.25, 0.3) is 0 Å². The zero-order valence-corrected chi connectivity index (χ0v) is 10.0. The van der Waals surface area contributed by atoms with Crippen LogP contribution in [0, 0.1) is 0 Å². The summed E-state index contributed by atoms with van der Waals surface area (Å²) in [4.78, 5) is 19.8. The molecule has 1 aromatic heterocycles. The molecule has 0 N–H and O–H groups in total. The molecule has 92 valence electrons. The van der Waals surface area contributed by atoms with Crippen molar-refractivity contribution in [3.05, 3.63) is 18.1 Å². The van der Waals surface area contributed by atoms with E-state index >= 15 is 0 Å². The van der Waals surface area contributed by atoms with Crippen molar-refractivity contribution in [1.29, 1.82) is 0 Å². The molecule has 1 aliphatic rings. The number of aromatic nitrogens is 2. The molecule has 0 spiro atoms. The van der Waals surface area contributed by atoms with Crippen LogP contribution in [0.4, 0.5) is 0 Å². The standard InChI is InChI=1S/C12H16N2O3/c1-3-16-12(15)8(2)17-10-6-7-13-11(14-10)9-4-5-9/h6-9H,3-5H2,1-2H3. The molecule has 1 aromatic rings. The van der Waals surface area contributed by atoms with Gasteiger partial charge < -0.3 is 9.47 Å². The van der Waals surface area contributed by atoms with E-state index in [1.807, 2.05) is 0 Å². The zero-order valence-electron chi connectivity index (χ0n) is 10.0. The molecule has 1 unspecified atom stereocenters. The smallest absolute Gasteiger partial charge is 0.347 e. The fourth-order valence-electron chi connectivity index (χ4n) is 1.45.